The SMILES string of the molecule is [2H]c1cc(C([2H])([2H])C(C)(C)C)cc([2H])c1-c1cc(-c2cc(-c3cccc4c3nc(-c3c([2H])c(C(C([2H])([2H])[2H])(C([2H])([2H])[2H])C([2H])([2H])[2H])c([2H])c(C(C([2H])([2H])[2H])(C([2H])([2H])[2H])C([2H])([2H])[2H])c3O)n4-c3ccc(C(C)(C)C)cc3-c3c([2H])c([2H])c([2H])c([2H])c3[2H])cc(C(C)(C)C)c2)ncc1C([2H])([2H])[2H]. The van der Waals surface area contributed by atoms with Gasteiger partial charge in [-0.1, -0.05) is 188 Å². The lowest BCUT2D eigenvalue weighted by atomic mass is 9.79. The normalized spacial score (nSPS) is 21.2. The van der Waals surface area contributed by atoms with E-state index in [4.69, 9.17) is 40.6 Å². The molecular formula is C64H73N3O. The number of aromatic hydroxyl groups is 1. The Bertz CT molecular complexity index is 4390. The molecule has 2 heterocycles. The van der Waals surface area contributed by atoms with Crippen molar-refractivity contribution < 1.29 is 49.0 Å². The van der Waals surface area contributed by atoms with Crippen LogP contribution in [0.1, 0.15) is 181 Å². The molecule has 4 nitrogen and oxygen atoms in total. The van der Waals surface area contributed by atoms with E-state index in [2.05, 4.69) is 4.98 Å². The van der Waals surface area contributed by atoms with Crippen molar-refractivity contribution >= 4 is 11.0 Å². The molecule has 1 N–H and O–H groups in total. The second kappa shape index (κ2) is 17.4. The maximum atomic E-state index is 13.3. The Hall–Kier alpha value is -6.26. The van der Waals surface area contributed by atoms with Gasteiger partial charge < -0.3 is 5.11 Å². The zero-order chi connectivity index (χ0) is 76.4. The Morgan fingerprint density at radius 1 is 0.603 bits per heavy atom. The Balaban J connectivity index is 1.69. The molecule has 0 aliphatic heterocycles. The number of fused-ring (bicyclic) bond motifs is 1. The fourth-order valence-electron chi connectivity index (χ4n) is 7.90. The van der Waals surface area contributed by atoms with Gasteiger partial charge in [0.1, 0.15) is 11.6 Å². The molecule has 0 aliphatic rings. The molecule has 0 fully saturated rings. The van der Waals surface area contributed by atoms with Gasteiger partial charge in [-0.25, -0.2) is 4.98 Å². The van der Waals surface area contributed by atoms with Crippen molar-refractivity contribution in [3.05, 3.63) is 167 Å². The van der Waals surface area contributed by atoms with Gasteiger partial charge in [0.2, 0.25) is 0 Å². The van der Waals surface area contributed by atoms with Gasteiger partial charge in [-0.2, -0.15) is 0 Å². The van der Waals surface area contributed by atoms with Crippen LogP contribution in [-0.2, 0) is 28.0 Å². The second-order valence-corrected chi connectivity index (χ2v) is 20.1. The molecule has 0 unspecified atom stereocenters. The Morgan fingerprint density at radius 3 is 1.93 bits per heavy atom. The molecule has 0 saturated carbocycles. The molecule has 0 bridgehead atoms. The van der Waals surface area contributed by atoms with Crippen LogP contribution in [0, 0.1) is 12.3 Å². The maximum Gasteiger partial charge on any atom is 0.149 e. The lowest BCUT2D eigenvalue weighted by Gasteiger charge is -2.28. The van der Waals surface area contributed by atoms with Crippen LogP contribution in [0.5, 0.6) is 5.75 Å². The van der Waals surface area contributed by atoms with E-state index in [1.54, 1.807) is 59.7 Å². The fraction of sp³-hybridized carbons (Fsp3) is 0.344. The lowest BCUT2D eigenvalue weighted by Crippen LogP contribution is -2.17. The molecule has 8 rings (SSSR count). The number of nitrogens with zero attached hydrogens (tertiary/aromatic N) is 3. The van der Waals surface area contributed by atoms with Crippen LogP contribution < -0.4 is 0 Å². The summed E-state index contributed by atoms with van der Waals surface area (Å²) in [6, 6.07) is 8.53. The van der Waals surface area contributed by atoms with Crippen molar-refractivity contribution in [2.45, 2.75) is 138 Å². The van der Waals surface area contributed by atoms with Gasteiger partial charge in [0.25, 0.3) is 0 Å². The summed E-state index contributed by atoms with van der Waals surface area (Å²) in [5, 5.41) is 13.3. The molecule has 0 radical (unpaired) electrons. The van der Waals surface area contributed by atoms with Crippen LogP contribution in [0.4, 0.5) is 0 Å². The van der Waals surface area contributed by atoms with E-state index in [-0.39, 0.29) is 79.0 Å². The molecule has 0 aliphatic carbocycles. The first-order chi connectivity index (χ1) is 44.9. The largest absolute Gasteiger partial charge is 0.507 e. The Labute approximate surface area is 452 Å². The van der Waals surface area contributed by atoms with E-state index in [1.807, 2.05) is 20.8 Å². The van der Waals surface area contributed by atoms with Gasteiger partial charge in [-0.05, 0) is 133 Å². The lowest BCUT2D eigenvalue weighted by molar-refractivity contribution is 0.411. The van der Waals surface area contributed by atoms with E-state index in [9.17, 15) is 13.3 Å². The zero-order valence-electron chi connectivity index (χ0n) is 71.3. The predicted molar refractivity (Wildman–Crippen MR) is 290 cm³/mol. The highest BCUT2D eigenvalue weighted by Crippen LogP contribution is 2.46. The van der Waals surface area contributed by atoms with Gasteiger partial charge in [0.15, 0.2) is 0 Å². The number of aryl methyl sites for hydroxylation is 1. The van der Waals surface area contributed by atoms with E-state index in [0.717, 1.165) is 10.8 Å². The smallest absolute Gasteiger partial charge is 0.149 e. The average molecular weight is 933 g/mol. The predicted octanol–water partition coefficient (Wildman–Crippen LogP) is 17.5. The van der Waals surface area contributed by atoms with Crippen LogP contribution >= 0.6 is 0 Å². The zero-order valence-corrected chi connectivity index (χ0v) is 39.3. The first kappa shape index (κ1) is 22.4. The van der Waals surface area contributed by atoms with E-state index in [0.29, 0.717) is 11.1 Å². The molecule has 0 spiro atoms. The number of hydrogen-bond acceptors (Lipinski definition) is 3. The quantitative estimate of drug-likeness (QED) is 0.173. The monoisotopic (exact) mass is 932 g/mol. The van der Waals surface area contributed by atoms with Crippen LogP contribution in [0.25, 0.3) is 72.7 Å². The van der Waals surface area contributed by atoms with Crippen LogP contribution in [-0.4, -0.2) is 19.6 Å². The third-order valence-corrected chi connectivity index (χ3v) is 11.3. The third kappa shape index (κ3) is 9.84. The van der Waals surface area contributed by atoms with E-state index in [1.165, 1.54) is 54.6 Å². The number of para-hydroxylation sites is 1. The standard InChI is InChI=1S/C64H73N3O/c1-40-39-65-54(37-50(40)43-27-25-41(26-28-43)38-60(2,3)4)45-31-44(32-47(33-45)62(8,9)10)49-23-20-24-56-57(49)66-59(52-35-48(63(11,12)13)36-53(58(52)68)64(14,15)16)67(56)55-30-29-46(61(5,6)7)34-51(55)42-21-18-17-19-22-42/h17-37,39,68H,38H2,1-16H3/i1D3,11D3,12D3,13D3,14D3,15D3,16D3,17D,18D,19D,21D,22D,27D,28D,35D,36D,38D2. The minimum absolute atomic E-state index is 0.00806. The number of phenols is 1. The number of rotatable bonds is 7. The van der Waals surface area contributed by atoms with Gasteiger partial charge >= 0.3 is 0 Å². The van der Waals surface area contributed by atoms with Gasteiger partial charge in [-0.15, -0.1) is 0 Å². The van der Waals surface area contributed by atoms with Crippen molar-refractivity contribution in [3.8, 4) is 67.5 Å². The highest BCUT2D eigenvalue weighted by atomic mass is 16.3. The molecule has 68 heavy (non-hydrogen) atoms. The van der Waals surface area contributed by atoms with Crippen molar-refractivity contribution in [1.82, 2.24) is 14.5 Å². The highest BCUT2D eigenvalue weighted by molar-refractivity contribution is 5.98. The summed E-state index contributed by atoms with van der Waals surface area (Å²) in [5.74, 6) is -2.94. The molecule has 2 aromatic heterocycles. The molecule has 8 aromatic rings. The van der Waals surface area contributed by atoms with Crippen molar-refractivity contribution in [1.29, 1.82) is 0 Å². The Kier molecular flexibility index (Phi) is 5.73. The molecule has 0 atom stereocenters. The average Bonchev–Trinajstić information content (AvgIpc) is 0.841. The van der Waals surface area contributed by atoms with Gasteiger partial charge in [0.05, 0.1) is 40.3 Å². The molecule has 6 aromatic carbocycles. The van der Waals surface area contributed by atoms with E-state index >= 15 is 0 Å². The minimum Gasteiger partial charge on any atom is -0.507 e. The number of hydrogen-bond donors (Lipinski definition) is 1. The van der Waals surface area contributed by atoms with Crippen molar-refractivity contribution in [2.75, 3.05) is 0 Å². The highest BCUT2D eigenvalue weighted by Gasteiger charge is 2.30. The topological polar surface area (TPSA) is 50.9 Å². The summed E-state index contributed by atoms with van der Waals surface area (Å²) >= 11 is 0. The van der Waals surface area contributed by atoms with Crippen LogP contribution in [0.2, 0.25) is 0 Å². The minimum atomic E-state index is -4.63. The first-order valence-corrected chi connectivity index (χ1v) is 21.8. The maximum absolute atomic E-state index is 13.3. The summed E-state index contributed by atoms with van der Waals surface area (Å²) in [4.78, 5) is 9.60. The number of phenolic OH excluding ortho intramolecular Hbond substituents is 1. The molecular weight excluding hydrogens is 827 g/mol. The number of benzene rings is 6. The fourth-order valence-corrected chi connectivity index (χ4v) is 7.90. The molecule has 0 amide bonds. The number of pyridine rings is 1. The second-order valence-electron chi connectivity index (χ2n) is 20.1. The van der Waals surface area contributed by atoms with Gasteiger partial charge in [-0.3, -0.25) is 9.55 Å². The molecule has 4 heteroatoms. The summed E-state index contributed by atoms with van der Waals surface area (Å²) in [6.07, 6.45) is -1.01. The number of aromatic nitrogens is 3. The van der Waals surface area contributed by atoms with Crippen LogP contribution in [0.15, 0.2) is 133 Å². The van der Waals surface area contributed by atoms with Gasteiger partial charge in [0, 0.05) is 60.0 Å². The summed E-state index contributed by atoms with van der Waals surface area (Å²) < 4.78 is 287. The Morgan fingerprint density at radius 2 is 1.28 bits per heavy atom. The number of imidazole rings is 1. The van der Waals surface area contributed by atoms with Crippen molar-refractivity contribution in [3.63, 3.8) is 0 Å². The van der Waals surface area contributed by atoms with Crippen molar-refractivity contribution in [2.24, 2.45) is 5.41 Å². The third-order valence-electron chi connectivity index (χ3n) is 11.3. The summed E-state index contributed by atoms with van der Waals surface area (Å²) in [7, 11) is 0. The molecule has 350 valence electrons. The summed E-state index contributed by atoms with van der Waals surface area (Å²) in [6.45, 7) is -14.1. The summed E-state index contributed by atoms with van der Waals surface area (Å²) in [5.41, 5.74) is -18.3. The molecule has 0 saturated heterocycles. The van der Waals surface area contributed by atoms with Crippen LogP contribution in [0.3, 0.4) is 0 Å². The van der Waals surface area contributed by atoms with E-state index < -0.39 is 158 Å². The first-order valence-electron chi connectivity index (χ1n) is 37.8.